The van der Waals surface area contributed by atoms with Crippen LogP contribution in [0.1, 0.15) is 18.9 Å². The molecule has 22 heavy (non-hydrogen) atoms. The predicted octanol–water partition coefficient (Wildman–Crippen LogP) is 3.50. The summed E-state index contributed by atoms with van der Waals surface area (Å²) >= 11 is 3.46. The standard InChI is InChI=1S/C16H24BrN3O.HI/c1-3-21-12-14-8-9-20(11-14)16(18-2)19-10-13-4-6-15(17)7-5-13;/h4-7,14H,3,8-12H2,1-2H3,(H,18,19);1H. The van der Waals surface area contributed by atoms with Crippen LogP contribution in [-0.2, 0) is 11.3 Å². The van der Waals surface area contributed by atoms with E-state index in [1.807, 2.05) is 14.0 Å². The van der Waals surface area contributed by atoms with Gasteiger partial charge in [0.25, 0.3) is 0 Å². The van der Waals surface area contributed by atoms with Crippen molar-refractivity contribution in [1.82, 2.24) is 10.2 Å². The van der Waals surface area contributed by atoms with Crippen molar-refractivity contribution in [3.8, 4) is 0 Å². The van der Waals surface area contributed by atoms with Gasteiger partial charge in [-0.3, -0.25) is 4.99 Å². The summed E-state index contributed by atoms with van der Waals surface area (Å²) in [4.78, 5) is 6.72. The van der Waals surface area contributed by atoms with Crippen molar-refractivity contribution in [1.29, 1.82) is 0 Å². The minimum atomic E-state index is 0. The highest BCUT2D eigenvalue weighted by molar-refractivity contribution is 14.0. The number of nitrogens with zero attached hydrogens (tertiary/aromatic N) is 2. The van der Waals surface area contributed by atoms with Gasteiger partial charge < -0.3 is 15.0 Å². The number of hydrogen-bond donors (Lipinski definition) is 1. The molecule has 1 unspecified atom stereocenters. The number of nitrogens with one attached hydrogen (secondary N) is 1. The van der Waals surface area contributed by atoms with Crippen LogP contribution in [0.15, 0.2) is 33.7 Å². The topological polar surface area (TPSA) is 36.9 Å². The van der Waals surface area contributed by atoms with Crippen LogP contribution in [0.25, 0.3) is 0 Å². The van der Waals surface area contributed by atoms with E-state index in [1.165, 1.54) is 12.0 Å². The lowest BCUT2D eigenvalue weighted by Gasteiger charge is -2.21. The van der Waals surface area contributed by atoms with Crippen molar-refractivity contribution >= 4 is 45.9 Å². The molecule has 4 nitrogen and oxygen atoms in total. The first-order chi connectivity index (χ1) is 10.2. The van der Waals surface area contributed by atoms with E-state index < -0.39 is 0 Å². The molecule has 1 fully saturated rings. The summed E-state index contributed by atoms with van der Waals surface area (Å²) < 4.78 is 6.63. The average Bonchev–Trinajstić information content (AvgIpc) is 2.96. The van der Waals surface area contributed by atoms with Crippen molar-refractivity contribution < 1.29 is 4.74 Å². The highest BCUT2D eigenvalue weighted by Crippen LogP contribution is 2.17. The van der Waals surface area contributed by atoms with Crippen LogP contribution < -0.4 is 5.32 Å². The molecule has 1 aromatic rings. The highest BCUT2D eigenvalue weighted by atomic mass is 127. The van der Waals surface area contributed by atoms with E-state index in [0.717, 1.165) is 43.3 Å². The number of hydrogen-bond acceptors (Lipinski definition) is 2. The summed E-state index contributed by atoms with van der Waals surface area (Å²) in [6.07, 6.45) is 1.18. The molecular formula is C16H25BrIN3O. The predicted molar refractivity (Wildman–Crippen MR) is 106 cm³/mol. The van der Waals surface area contributed by atoms with E-state index >= 15 is 0 Å². The van der Waals surface area contributed by atoms with Gasteiger partial charge in [0, 0.05) is 43.7 Å². The first kappa shape index (κ1) is 19.7. The lowest BCUT2D eigenvalue weighted by molar-refractivity contribution is 0.114. The van der Waals surface area contributed by atoms with Gasteiger partial charge in [-0.05, 0) is 31.0 Å². The van der Waals surface area contributed by atoms with Crippen LogP contribution in [-0.4, -0.2) is 44.2 Å². The van der Waals surface area contributed by atoms with Gasteiger partial charge in [-0.1, -0.05) is 28.1 Å². The molecule has 1 aliphatic rings. The van der Waals surface area contributed by atoms with Crippen LogP contribution in [0.4, 0.5) is 0 Å². The number of benzene rings is 1. The Morgan fingerprint density at radius 3 is 2.77 bits per heavy atom. The number of likely N-dealkylation sites (tertiary alicyclic amines) is 1. The minimum absolute atomic E-state index is 0. The summed E-state index contributed by atoms with van der Waals surface area (Å²) in [5.41, 5.74) is 1.25. The van der Waals surface area contributed by atoms with Crippen molar-refractivity contribution in [3.05, 3.63) is 34.3 Å². The van der Waals surface area contributed by atoms with Gasteiger partial charge in [-0.2, -0.15) is 0 Å². The second kappa shape index (κ2) is 10.4. The van der Waals surface area contributed by atoms with Crippen molar-refractivity contribution in [2.45, 2.75) is 19.9 Å². The third kappa shape index (κ3) is 6.04. The second-order valence-electron chi connectivity index (χ2n) is 5.29. The van der Waals surface area contributed by atoms with Crippen LogP contribution >= 0.6 is 39.9 Å². The molecule has 1 aromatic carbocycles. The molecule has 0 amide bonds. The molecule has 0 bridgehead atoms. The summed E-state index contributed by atoms with van der Waals surface area (Å²) in [5.74, 6) is 1.60. The fourth-order valence-electron chi connectivity index (χ4n) is 2.56. The molecule has 1 atom stereocenters. The van der Waals surface area contributed by atoms with E-state index in [4.69, 9.17) is 4.74 Å². The van der Waals surface area contributed by atoms with Gasteiger partial charge in [-0.15, -0.1) is 24.0 Å². The second-order valence-corrected chi connectivity index (χ2v) is 6.20. The number of guanidine groups is 1. The summed E-state index contributed by atoms with van der Waals surface area (Å²) in [7, 11) is 1.85. The fourth-order valence-corrected chi connectivity index (χ4v) is 2.83. The minimum Gasteiger partial charge on any atom is -0.381 e. The Hall–Kier alpha value is -0.340. The summed E-state index contributed by atoms with van der Waals surface area (Å²) in [6.45, 7) is 6.58. The maximum atomic E-state index is 5.53. The van der Waals surface area contributed by atoms with Gasteiger partial charge in [0.05, 0.1) is 6.61 Å². The van der Waals surface area contributed by atoms with E-state index in [-0.39, 0.29) is 24.0 Å². The van der Waals surface area contributed by atoms with Gasteiger partial charge in [0.2, 0.25) is 0 Å². The largest absolute Gasteiger partial charge is 0.381 e. The lowest BCUT2D eigenvalue weighted by Crippen LogP contribution is -2.39. The Morgan fingerprint density at radius 1 is 1.41 bits per heavy atom. The summed E-state index contributed by atoms with van der Waals surface area (Å²) in [5, 5.41) is 3.44. The van der Waals surface area contributed by atoms with Crippen molar-refractivity contribution in [2.75, 3.05) is 33.4 Å². The van der Waals surface area contributed by atoms with Crippen LogP contribution in [0, 0.1) is 5.92 Å². The van der Waals surface area contributed by atoms with E-state index in [2.05, 4.69) is 55.4 Å². The molecule has 0 spiro atoms. The van der Waals surface area contributed by atoms with Gasteiger partial charge >= 0.3 is 0 Å². The molecule has 124 valence electrons. The number of ether oxygens (including phenoxy) is 1. The van der Waals surface area contributed by atoms with Crippen LogP contribution in [0.2, 0.25) is 0 Å². The summed E-state index contributed by atoms with van der Waals surface area (Å²) in [6, 6.07) is 8.36. The molecule has 6 heteroatoms. The Labute approximate surface area is 158 Å². The monoisotopic (exact) mass is 481 g/mol. The quantitative estimate of drug-likeness (QED) is 0.397. The molecular weight excluding hydrogens is 457 g/mol. The first-order valence-corrected chi connectivity index (χ1v) is 8.30. The Morgan fingerprint density at radius 2 is 2.14 bits per heavy atom. The van der Waals surface area contributed by atoms with Crippen LogP contribution in [0.3, 0.4) is 0 Å². The Bertz CT molecular complexity index is 467. The molecule has 0 aliphatic carbocycles. The zero-order chi connectivity index (χ0) is 15.1. The van der Waals surface area contributed by atoms with E-state index in [9.17, 15) is 0 Å². The van der Waals surface area contributed by atoms with Crippen LogP contribution in [0.5, 0.6) is 0 Å². The fraction of sp³-hybridized carbons (Fsp3) is 0.562. The normalized spacial score (nSPS) is 18.2. The molecule has 1 aliphatic heterocycles. The van der Waals surface area contributed by atoms with E-state index in [0.29, 0.717) is 5.92 Å². The molecule has 0 radical (unpaired) electrons. The van der Waals surface area contributed by atoms with Crippen molar-refractivity contribution in [3.63, 3.8) is 0 Å². The smallest absolute Gasteiger partial charge is 0.193 e. The third-order valence-corrected chi connectivity index (χ3v) is 4.25. The Kier molecular flexibility index (Phi) is 9.35. The SMILES string of the molecule is CCOCC1CCN(C(=NC)NCc2ccc(Br)cc2)C1.I. The number of halogens is 2. The maximum absolute atomic E-state index is 5.53. The number of rotatable bonds is 5. The van der Waals surface area contributed by atoms with Gasteiger partial charge in [-0.25, -0.2) is 0 Å². The Balaban J connectivity index is 0.00000242. The third-order valence-electron chi connectivity index (χ3n) is 3.72. The zero-order valence-electron chi connectivity index (χ0n) is 13.2. The maximum Gasteiger partial charge on any atom is 0.193 e. The lowest BCUT2D eigenvalue weighted by atomic mass is 10.1. The average molecular weight is 482 g/mol. The highest BCUT2D eigenvalue weighted by Gasteiger charge is 2.24. The molecule has 0 aromatic heterocycles. The molecule has 1 heterocycles. The van der Waals surface area contributed by atoms with E-state index in [1.54, 1.807) is 0 Å². The molecule has 0 saturated carbocycles. The van der Waals surface area contributed by atoms with Crippen molar-refractivity contribution in [2.24, 2.45) is 10.9 Å². The number of aliphatic imine (C=N–C) groups is 1. The zero-order valence-corrected chi connectivity index (χ0v) is 17.1. The van der Waals surface area contributed by atoms with Gasteiger partial charge in [0.15, 0.2) is 5.96 Å². The first-order valence-electron chi connectivity index (χ1n) is 7.50. The molecule has 1 saturated heterocycles. The van der Waals surface area contributed by atoms with Gasteiger partial charge in [0.1, 0.15) is 0 Å². The molecule has 2 rings (SSSR count). The molecule has 1 N–H and O–H groups in total.